The third-order valence-electron chi connectivity index (χ3n) is 4.42. The molecular weight excluding hydrogens is 348 g/mol. The SMILES string of the molecule is COCCC(=O)N1CCN(C(=O)Nc2cccc(-c3nc(C)co3)c2)CC1. The maximum atomic E-state index is 12.5. The standard InChI is InChI=1S/C19H24N4O4/c1-14-13-27-18(20-14)15-4-3-5-16(12-15)21-19(25)23-9-7-22(8-10-23)17(24)6-11-26-2/h3-5,12-13H,6-11H2,1-2H3,(H,21,25). The van der Waals surface area contributed by atoms with E-state index in [9.17, 15) is 9.59 Å². The molecule has 0 radical (unpaired) electrons. The van der Waals surface area contributed by atoms with Gasteiger partial charge in [0.2, 0.25) is 11.8 Å². The lowest BCUT2D eigenvalue weighted by atomic mass is 10.2. The van der Waals surface area contributed by atoms with Gasteiger partial charge in [0.25, 0.3) is 0 Å². The average molecular weight is 372 g/mol. The Morgan fingerprint density at radius 3 is 2.63 bits per heavy atom. The van der Waals surface area contributed by atoms with Crippen LogP contribution in [0.2, 0.25) is 0 Å². The van der Waals surface area contributed by atoms with Crippen LogP contribution in [0.15, 0.2) is 34.9 Å². The maximum Gasteiger partial charge on any atom is 0.321 e. The van der Waals surface area contributed by atoms with Gasteiger partial charge in [-0.2, -0.15) is 0 Å². The van der Waals surface area contributed by atoms with Crippen molar-refractivity contribution in [2.45, 2.75) is 13.3 Å². The molecule has 1 aliphatic rings. The first-order valence-electron chi connectivity index (χ1n) is 8.92. The van der Waals surface area contributed by atoms with Crippen molar-refractivity contribution in [3.8, 4) is 11.5 Å². The second-order valence-corrected chi connectivity index (χ2v) is 6.42. The molecule has 27 heavy (non-hydrogen) atoms. The quantitative estimate of drug-likeness (QED) is 0.870. The van der Waals surface area contributed by atoms with Gasteiger partial charge in [-0.3, -0.25) is 4.79 Å². The Morgan fingerprint density at radius 2 is 1.96 bits per heavy atom. The number of anilines is 1. The molecule has 3 rings (SSSR count). The van der Waals surface area contributed by atoms with Gasteiger partial charge in [0.05, 0.1) is 18.7 Å². The van der Waals surface area contributed by atoms with E-state index in [0.29, 0.717) is 50.8 Å². The molecular formula is C19H24N4O4. The molecule has 2 aromatic rings. The lowest BCUT2D eigenvalue weighted by molar-refractivity contribution is -0.133. The topological polar surface area (TPSA) is 87.9 Å². The van der Waals surface area contributed by atoms with E-state index in [1.807, 2.05) is 31.2 Å². The van der Waals surface area contributed by atoms with Crippen molar-refractivity contribution in [1.82, 2.24) is 14.8 Å². The highest BCUT2D eigenvalue weighted by Crippen LogP contribution is 2.22. The molecule has 0 bridgehead atoms. The van der Waals surface area contributed by atoms with Gasteiger partial charge >= 0.3 is 6.03 Å². The van der Waals surface area contributed by atoms with E-state index in [0.717, 1.165) is 11.3 Å². The monoisotopic (exact) mass is 372 g/mol. The Bertz CT molecular complexity index is 797. The van der Waals surface area contributed by atoms with Crippen molar-refractivity contribution in [1.29, 1.82) is 0 Å². The average Bonchev–Trinajstić information content (AvgIpc) is 3.13. The summed E-state index contributed by atoms with van der Waals surface area (Å²) in [5, 5.41) is 2.90. The number of urea groups is 1. The number of oxazole rings is 1. The molecule has 1 aromatic carbocycles. The Balaban J connectivity index is 1.55. The van der Waals surface area contributed by atoms with Gasteiger partial charge in [0, 0.05) is 44.5 Å². The number of piperazine rings is 1. The summed E-state index contributed by atoms with van der Waals surface area (Å²) in [5.41, 5.74) is 2.28. The molecule has 3 amide bonds. The van der Waals surface area contributed by atoms with Crippen LogP contribution in [-0.2, 0) is 9.53 Å². The molecule has 8 nitrogen and oxygen atoms in total. The number of aromatic nitrogens is 1. The fourth-order valence-corrected chi connectivity index (χ4v) is 2.93. The summed E-state index contributed by atoms with van der Waals surface area (Å²) in [5.74, 6) is 0.581. The van der Waals surface area contributed by atoms with Gasteiger partial charge in [-0.05, 0) is 25.1 Å². The second kappa shape index (κ2) is 8.68. The largest absolute Gasteiger partial charge is 0.444 e. The van der Waals surface area contributed by atoms with E-state index in [1.165, 1.54) is 0 Å². The smallest absolute Gasteiger partial charge is 0.321 e. The van der Waals surface area contributed by atoms with Gasteiger partial charge in [-0.25, -0.2) is 9.78 Å². The number of aryl methyl sites for hydroxylation is 1. The molecule has 1 N–H and O–H groups in total. The predicted molar refractivity (Wildman–Crippen MR) is 100 cm³/mol. The van der Waals surface area contributed by atoms with Gasteiger partial charge in [-0.1, -0.05) is 6.07 Å². The van der Waals surface area contributed by atoms with Gasteiger partial charge in [-0.15, -0.1) is 0 Å². The van der Waals surface area contributed by atoms with Crippen LogP contribution in [0.4, 0.5) is 10.5 Å². The summed E-state index contributed by atoms with van der Waals surface area (Å²) < 4.78 is 10.3. The van der Waals surface area contributed by atoms with Crippen LogP contribution in [0.5, 0.6) is 0 Å². The fraction of sp³-hybridized carbons (Fsp3) is 0.421. The number of amides is 3. The molecule has 1 aromatic heterocycles. The van der Waals surface area contributed by atoms with E-state index < -0.39 is 0 Å². The highest BCUT2D eigenvalue weighted by molar-refractivity contribution is 5.90. The number of methoxy groups -OCH3 is 1. The summed E-state index contributed by atoms with van der Waals surface area (Å²) in [4.78, 5) is 32.3. The van der Waals surface area contributed by atoms with Gasteiger partial charge in [0.15, 0.2) is 0 Å². The van der Waals surface area contributed by atoms with Gasteiger partial charge < -0.3 is 24.3 Å². The predicted octanol–water partition coefficient (Wildman–Crippen LogP) is 2.36. The molecule has 0 saturated carbocycles. The number of benzene rings is 1. The summed E-state index contributed by atoms with van der Waals surface area (Å²) in [7, 11) is 1.58. The number of nitrogens with one attached hydrogen (secondary N) is 1. The molecule has 2 heterocycles. The molecule has 8 heteroatoms. The third kappa shape index (κ3) is 4.85. The van der Waals surface area contributed by atoms with E-state index in [4.69, 9.17) is 9.15 Å². The molecule has 1 saturated heterocycles. The van der Waals surface area contributed by atoms with Crippen LogP contribution in [0, 0.1) is 6.92 Å². The molecule has 0 atom stereocenters. The summed E-state index contributed by atoms with van der Waals surface area (Å²) in [6.07, 6.45) is 1.96. The van der Waals surface area contributed by atoms with Crippen LogP contribution < -0.4 is 5.32 Å². The van der Waals surface area contributed by atoms with E-state index >= 15 is 0 Å². The molecule has 0 spiro atoms. The molecule has 0 aliphatic carbocycles. The van der Waals surface area contributed by atoms with Crippen LogP contribution in [-0.4, -0.2) is 66.6 Å². The zero-order chi connectivity index (χ0) is 19.2. The minimum absolute atomic E-state index is 0.0610. The zero-order valence-electron chi connectivity index (χ0n) is 15.6. The number of hydrogen-bond acceptors (Lipinski definition) is 5. The fourth-order valence-electron chi connectivity index (χ4n) is 2.93. The third-order valence-corrected chi connectivity index (χ3v) is 4.42. The first-order valence-corrected chi connectivity index (χ1v) is 8.92. The molecule has 0 unspecified atom stereocenters. The normalized spacial score (nSPS) is 14.3. The van der Waals surface area contributed by atoms with E-state index in [-0.39, 0.29) is 11.9 Å². The number of nitrogens with zero attached hydrogens (tertiary/aromatic N) is 3. The Hall–Kier alpha value is -2.87. The lowest BCUT2D eigenvalue weighted by Gasteiger charge is -2.34. The molecule has 1 aliphatic heterocycles. The zero-order valence-corrected chi connectivity index (χ0v) is 15.6. The van der Waals surface area contributed by atoms with E-state index in [2.05, 4.69) is 10.3 Å². The summed E-state index contributed by atoms with van der Waals surface area (Å²) in [6, 6.07) is 7.19. The van der Waals surface area contributed by atoms with Gasteiger partial charge in [0.1, 0.15) is 6.26 Å². The number of ether oxygens (including phenoxy) is 1. The highest BCUT2D eigenvalue weighted by Gasteiger charge is 2.24. The Kier molecular flexibility index (Phi) is 6.08. The number of carbonyl (C=O) groups excluding carboxylic acids is 2. The lowest BCUT2D eigenvalue weighted by Crippen LogP contribution is -2.51. The highest BCUT2D eigenvalue weighted by atomic mass is 16.5. The summed E-state index contributed by atoms with van der Waals surface area (Å²) in [6.45, 7) is 4.35. The van der Waals surface area contributed by atoms with Crippen molar-refractivity contribution in [2.24, 2.45) is 0 Å². The minimum atomic E-state index is -0.181. The summed E-state index contributed by atoms with van der Waals surface area (Å²) >= 11 is 0. The number of rotatable bonds is 5. The number of hydrogen-bond donors (Lipinski definition) is 1. The van der Waals surface area contributed by atoms with Crippen molar-refractivity contribution < 1.29 is 18.7 Å². The van der Waals surface area contributed by atoms with Crippen LogP contribution >= 0.6 is 0 Å². The van der Waals surface area contributed by atoms with Crippen LogP contribution in [0.1, 0.15) is 12.1 Å². The van der Waals surface area contributed by atoms with Crippen LogP contribution in [0.25, 0.3) is 11.5 Å². The molecule has 144 valence electrons. The van der Waals surface area contributed by atoms with E-state index in [1.54, 1.807) is 23.2 Å². The second-order valence-electron chi connectivity index (χ2n) is 6.42. The van der Waals surface area contributed by atoms with Crippen LogP contribution in [0.3, 0.4) is 0 Å². The Labute approximate surface area is 158 Å². The minimum Gasteiger partial charge on any atom is -0.444 e. The maximum absolute atomic E-state index is 12.5. The molecule has 1 fully saturated rings. The number of carbonyl (C=O) groups is 2. The van der Waals surface area contributed by atoms with Crippen molar-refractivity contribution in [3.63, 3.8) is 0 Å². The van der Waals surface area contributed by atoms with Crippen molar-refractivity contribution in [3.05, 3.63) is 36.2 Å². The van der Waals surface area contributed by atoms with Crippen molar-refractivity contribution >= 4 is 17.6 Å². The Morgan fingerprint density at radius 1 is 1.22 bits per heavy atom. The first-order chi connectivity index (χ1) is 13.1. The first kappa shape index (κ1) is 18.9. The van der Waals surface area contributed by atoms with Crippen molar-refractivity contribution in [2.75, 3.05) is 45.2 Å².